The molecule has 14 nitrogen and oxygen atoms in total. The molecular weight excluding hydrogens is 727 g/mol. The van der Waals surface area contributed by atoms with Gasteiger partial charge >= 0.3 is 12.1 Å². The van der Waals surface area contributed by atoms with Crippen LogP contribution in [0, 0.1) is 0 Å². The van der Waals surface area contributed by atoms with E-state index < -0.39 is 45.2 Å². The third-order valence-electron chi connectivity index (χ3n) is 7.74. The molecule has 1 atom stereocenters. The van der Waals surface area contributed by atoms with Gasteiger partial charge in [-0.3, -0.25) is 9.59 Å². The van der Waals surface area contributed by atoms with E-state index >= 15 is 0 Å². The van der Waals surface area contributed by atoms with Gasteiger partial charge in [0.05, 0.1) is 24.7 Å². The first kappa shape index (κ1) is 44.8. The highest BCUT2D eigenvalue weighted by molar-refractivity contribution is 7.89. The second kappa shape index (κ2) is 21.5. The summed E-state index contributed by atoms with van der Waals surface area (Å²) in [6, 6.07) is 19.2. The predicted molar refractivity (Wildman–Crippen MR) is 210 cm³/mol. The lowest BCUT2D eigenvalue weighted by atomic mass is 10.1. The number of ether oxygens (including phenoxy) is 4. The molecule has 0 spiro atoms. The molecule has 0 aliphatic carbocycles. The molecule has 2 amide bonds. The van der Waals surface area contributed by atoms with Crippen molar-refractivity contribution in [3.8, 4) is 0 Å². The first-order chi connectivity index (χ1) is 26.0. The number of nitrogens with one attached hydrogen (secondary N) is 3. The average Bonchev–Trinajstić information content (AvgIpc) is 3.13. The van der Waals surface area contributed by atoms with E-state index in [0.717, 1.165) is 34.2 Å². The summed E-state index contributed by atoms with van der Waals surface area (Å²) in [5.74, 6) is -0.502. The molecule has 0 aliphatic rings. The van der Waals surface area contributed by atoms with Gasteiger partial charge in [0, 0.05) is 44.5 Å². The predicted octanol–water partition coefficient (Wildman–Crippen LogP) is 4.99. The van der Waals surface area contributed by atoms with Crippen LogP contribution in [-0.4, -0.2) is 106 Å². The van der Waals surface area contributed by atoms with Crippen LogP contribution in [0.1, 0.15) is 69.6 Å². The maximum Gasteiger partial charge on any atom is 0.407 e. The van der Waals surface area contributed by atoms with Gasteiger partial charge in [-0.05, 0) is 103 Å². The molecule has 2 aromatic carbocycles. The maximum absolute atomic E-state index is 14.1. The SMILES string of the molecule is CNc1cccc(CCc2ccc(C(=O)NC[C@@H](C(=O)OC(C)(C)C)N(CCOCCOCCCNC(=O)OC(C)(C)C)S(=O)(=O)c3ccccc3)cc2)n1. The van der Waals surface area contributed by atoms with Gasteiger partial charge in [-0.1, -0.05) is 36.4 Å². The van der Waals surface area contributed by atoms with Crippen molar-refractivity contribution in [3.05, 3.63) is 89.6 Å². The first-order valence-corrected chi connectivity index (χ1v) is 19.9. The molecule has 1 aromatic heterocycles. The molecule has 302 valence electrons. The van der Waals surface area contributed by atoms with E-state index in [9.17, 15) is 22.8 Å². The number of amides is 2. The number of nitrogens with zero attached hydrogens (tertiary/aromatic N) is 2. The van der Waals surface area contributed by atoms with E-state index in [1.54, 1.807) is 71.9 Å². The molecule has 3 aromatic rings. The zero-order chi connectivity index (χ0) is 40.5. The fourth-order valence-corrected chi connectivity index (χ4v) is 6.73. The third kappa shape index (κ3) is 16.4. The Balaban J connectivity index is 1.65. The summed E-state index contributed by atoms with van der Waals surface area (Å²) in [7, 11) is -2.44. The van der Waals surface area contributed by atoms with Crippen molar-refractivity contribution in [2.24, 2.45) is 0 Å². The number of benzene rings is 2. The third-order valence-corrected chi connectivity index (χ3v) is 9.67. The molecule has 0 saturated heterocycles. The summed E-state index contributed by atoms with van der Waals surface area (Å²) in [4.78, 5) is 43.3. The standard InChI is InChI=1S/C40H57N5O9S/c1-39(2,3)53-37(47)34(29-43-36(46)31-20-17-30(18-21-31)19-22-32-13-11-16-35(41-7)44-32)45(55(49,50)33-14-9-8-10-15-33)24-26-52-28-27-51-25-12-23-42-38(48)54-40(4,5)6/h8-11,13-18,20-21,34H,12,19,22-29H2,1-7H3,(H,41,44)(H,42,48)(H,43,46)/t34-/m0/s1. The lowest BCUT2D eigenvalue weighted by Crippen LogP contribution is -2.53. The van der Waals surface area contributed by atoms with Crippen molar-refractivity contribution < 1.29 is 41.7 Å². The molecule has 3 N–H and O–H groups in total. The van der Waals surface area contributed by atoms with E-state index in [4.69, 9.17) is 18.9 Å². The van der Waals surface area contributed by atoms with Crippen LogP contribution in [0.15, 0.2) is 77.7 Å². The smallest absolute Gasteiger partial charge is 0.407 e. The number of alkyl carbamates (subject to hydrolysis) is 1. The monoisotopic (exact) mass is 783 g/mol. The minimum absolute atomic E-state index is 0.0262. The van der Waals surface area contributed by atoms with Crippen molar-refractivity contribution in [2.45, 2.75) is 82.9 Å². The normalized spacial score (nSPS) is 12.5. The molecule has 0 fully saturated rings. The quantitative estimate of drug-likeness (QED) is 0.0982. The summed E-state index contributed by atoms with van der Waals surface area (Å²) in [6.45, 7) is 10.9. The molecule has 0 aliphatic heterocycles. The van der Waals surface area contributed by atoms with Crippen LogP contribution < -0.4 is 16.0 Å². The summed E-state index contributed by atoms with van der Waals surface area (Å²) in [6.07, 6.45) is 1.49. The molecule has 15 heteroatoms. The summed E-state index contributed by atoms with van der Waals surface area (Å²) in [5, 5.41) is 8.45. The number of carbonyl (C=O) groups excluding carboxylic acids is 3. The van der Waals surface area contributed by atoms with Crippen molar-refractivity contribution in [1.29, 1.82) is 0 Å². The second-order valence-corrected chi connectivity index (χ2v) is 16.5. The van der Waals surface area contributed by atoms with Crippen LogP contribution >= 0.6 is 0 Å². The number of anilines is 1. The summed E-state index contributed by atoms with van der Waals surface area (Å²) in [5.41, 5.74) is 0.791. The van der Waals surface area contributed by atoms with E-state index in [0.29, 0.717) is 25.1 Å². The Kier molecular flexibility index (Phi) is 17.5. The Morgan fingerprint density at radius 1 is 0.764 bits per heavy atom. The van der Waals surface area contributed by atoms with Gasteiger partial charge in [0.25, 0.3) is 5.91 Å². The molecule has 0 unspecified atom stereocenters. The molecular formula is C40H57N5O9S. The fraction of sp³-hybridized carbons (Fsp3) is 0.500. The Morgan fingerprint density at radius 3 is 2.05 bits per heavy atom. The van der Waals surface area contributed by atoms with Crippen LogP contribution in [0.25, 0.3) is 0 Å². The Morgan fingerprint density at radius 2 is 1.42 bits per heavy atom. The van der Waals surface area contributed by atoms with Gasteiger partial charge in [-0.25, -0.2) is 18.2 Å². The number of sulfonamides is 1. The highest BCUT2D eigenvalue weighted by atomic mass is 32.2. The fourth-order valence-electron chi connectivity index (χ4n) is 5.14. The van der Waals surface area contributed by atoms with Crippen molar-refractivity contribution >= 4 is 33.8 Å². The largest absolute Gasteiger partial charge is 0.459 e. The molecule has 0 bridgehead atoms. The number of rotatable bonds is 21. The zero-order valence-corrected chi connectivity index (χ0v) is 33.9. The minimum Gasteiger partial charge on any atom is -0.459 e. The van der Waals surface area contributed by atoms with Crippen LogP contribution in [0.4, 0.5) is 10.6 Å². The van der Waals surface area contributed by atoms with Gasteiger partial charge in [0.1, 0.15) is 23.1 Å². The first-order valence-electron chi connectivity index (χ1n) is 18.4. The summed E-state index contributed by atoms with van der Waals surface area (Å²) >= 11 is 0. The topological polar surface area (TPSA) is 174 Å². The van der Waals surface area contributed by atoms with E-state index in [1.165, 1.54) is 12.1 Å². The van der Waals surface area contributed by atoms with Gasteiger partial charge in [0.2, 0.25) is 10.0 Å². The van der Waals surface area contributed by atoms with Crippen LogP contribution in [0.3, 0.4) is 0 Å². The average molecular weight is 784 g/mol. The number of hydrogen-bond donors (Lipinski definition) is 3. The van der Waals surface area contributed by atoms with Gasteiger partial charge < -0.3 is 34.9 Å². The lowest BCUT2D eigenvalue weighted by molar-refractivity contribution is -0.159. The number of esters is 1. The van der Waals surface area contributed by atoms with Crippen molar-refractivity contribution in [3.63, 3.8) is 0 Å². The lowest BCUT2D eigenvalue weighted by Gasteiger charge is -2.32. The zero-order valence-electron chi connectivity index (χ0n) is 33.1. The van der Waals surface area contributed by atoms with Crippen molar-refractivity contribution in [1.82, 2.24) is 19.9 Å². The van der Waals surface area contributed by atoms with E-state index in [-0.39, 0.29) is 37.8 Å². The van der Waals surface area contributed by atoms with E-state index in [2.05, 4.69) is 20.9 Å². The molecule has 0 radical (unpaired) electrons. The Hall–Kier alpha value is -4.57. The van der Waals surface area contributed by atoms with Gasteiger partial charge in [-0.2, -0.15) is 4.31 Å². The van der Waals surface area contributed by atoms with Gasteiger partial charge in [0.15, 0.2) is 0 Å². The number of aromatic nitrogens is 1. The number of hydrogen-bond acceptors (Lipinski definition) is 11. The molecule has 3 rings (SSSR count). The highest BCUT2D eigenvalue weighted by Gasteiger charge is 2.38. The molecule has 0 saturated carbocycles. The van der Waals surface area contributed by atoms with E-state index in [1.807, 2.05) is 37.4 Å². The molecule has 55 heavy (non-hydrogen) atoms. The van der Waals surface area contributed by atoms with Crippen LogP contribution in [0.5, 0.6) is 0 Å². The number of pyridine rings is 1. The number of carbonyl (C=O) groups is 3. The number of aryl methyl sites for hydroxylation is 2. The van der Waals surface area contributed by atoms with Crippen LogP contribution in [-0.2, 0) is 46.6 Å². The Labute approximate surface area is 325 Å². The minimum atomic E-state index is -4.26. The second-order valence-electron chi connectivity index (χ2n) is 14.7. The van der Waals surface area contributed by atoms with Crippen molar-refractivity contribution in [2.75, 3.05) is 58.4 Å². The van der Waals surface area contributed by atoms with Gasteiger partial charge in [-0.15, -0.1) is 0 Å². The highest BCUT2D eigenvalue weighted by Crippen LogP contribution is 2.21. The maximum atomic E-state index is 14.1. The Bertz CT molecular complexity index is 1760. The molecule has 1 heterocycles. The van der Waals surface area contributed by atoms with Crippen LogP contribution in [0.2, 0.25) is 0 Å². The summed E-state index contributed by atoms with van der Waals surface area (Å²) < 4.78 is 51.3.